The van der Waals surface area contributed by atoms with Crippen LogP contribution in [0.25, 0.3) is 0 Å². The standard InChI is InChI=1S/C21H28N4O3.ClH/c1-28-19(26)14-15-6-10-25(11-7-15)21(27)17-8-12-24(13-9-17)18-4-2-16(3-5-18)20(22)23;/h2-5,14,17H,6-13H2,1H3,(H3,22,23);1H. The van der Waals surface area contributed by atoms with E-state index < -0.39 is 0 Å². The summed E-state index contributed by atoms with van der Waals surface area (Å²) >= 11 is 0. The van der Waals surface area contributed by atoms with Crippen LogP contribution >= 0.6 is 12.4 Å². The molecule has 158 valence electrons. The first-order valence-corrected chi connectivity index (χ1v) is 9.73. The van der Waals surface area contributed by atoms with E-state index in [1.165, 1.54) is 7.11 Å². The van der Waals surface area contributed by atoms with Crippen LogP contribution in [0.4, 0.5) is 5.69 Å². The number of methoxy groups -OCH3 is 1. The smallest absolute Gasteiger partial charge is 0.330 e. The highest BCUT2D eigenvalue weighted by atomic mass is 35.5. The number of nitrogens with one attached hydrogen (secondary N) is 1. The van der Waals surface area contributed by atoms with Gasteiger partial charge in [-0.05, 0) is 49.9 Å². The Morgan fingerprint density at radius 2 is 1.69 bits per heavy atom. The number of nitrogen functional groups attached to an aromatic ring is 1. The van der Waals surface area contributed by atoms with Crippen LogP contribution in [-0.4, -0.2) is 55.9 Å². The van der Waals surface area contributed by atoms with Crippen LogP contribution in [0.1, 0.15) is 31.2 Å². The predicted molar refractivity (Wildman–Crippen MR) is 116 cm³/mol. The zero-order valence-corrected chi connectivity index (χ0v) is 17.5. The molecule has 3 N–H and O–H groups in total. The SMILES string of the molecule is COC(=O)C=C1CCN(C(=O)C2CCN(c3ccc(C(=N)N)cc3)CC2)CC1.Cl. The fraction of sp³-hybridized carbons (Fsp3) is 0.476. The molecule has 1 aromatic rings. The first-order valence-electron chi connectivity index (χ1n) is 9.73. The highest BCUT2D eigenvalue weighted by Crippen LogP contribution is 2.26. The molecule has 29 heavy (non-hydrogen) atoms. The molecule has 2 saturated heterocycles. The van der Waals surface area contributed by atoms with E-state index in [0.29, 0.717) is 13.1 Å². The van der Waals surface area contributed by atoms with E-state index in [1.54, 1.807) is 6.08 Å². The predicted octanol–water partition coefficient (Wildman–Crippen LogP) is 2.33. The molecule has 2 heterocycles. The van der Waals surface area contributed by atoms with Crippen molar-refractivity contribution >= 4 is 35.8 Å². The van der Waals surface area contributed by atoms with E-state index in [1.807, 2.05) is 29.2 Å². The Morgan fingerprint density at radius 1 is 1.10 bits per heavy atom. The first-order chi connectivity index (χ1) is 13.5. The van der Waals surface area contributed by atoms with Crippen molar-refractivity contribution < 1.29 is 14.3 Å². The lowest BCUT2D eigenvalue weighted by molar-refractivity contribution is -0.136. The summed E-state index contributed by atoms with van der Waals surface area (Å²) in [5.41, 5.74) is 8.39. The third kappa shape index (κ3) is 5.73. The van der Waals surface area contributed by atoms with Gasteiger partial charge in [-0.2, -0.15) is 0 Å². The highest BCUT2D eigenvalue weighted by molar-refractivity contribution is 5.95. The fourth-order valence-corrected chi connectivity index (χ4v) is 3.88. The average Bonchev–Trinajstić information content (AvgIpc) is 2.74. The van der Waals surface area contributed by atoms with Crippen LogP contribution in [0.15, 0.2) is 35.9 Å². The highest BCUT2D eigenvalue weighted by Gasteiger charge is 2.30. The molecule has 0 saturated carbocycles. The van der Waals surface area contributed by atoms with E-state index in [9.17, 15) is 9.59 Å². The molecule has 0 radical (unpaired) electrons. The third-order valence-electron chi connectivity index (χ3n) is 5.63. The second kappa shape index (κ2) is 10.3. The molecule has 3 rings (SSSR count). The van der Waals surface area contributed by atoms with Crippen molar-refractivity contribution in [3.05, 3.63) is 41.5 Å². The Balaban J connectivity index is 0.00000300. The lowest BCUT2D eigenvalue weighted by atomic mass is 9.93. The summed E-state index contributed by atoms with van der Waals surface area (Å²) in [6.45, 7) is 3.04. The van der Waals surface area contributed by atoms with E-state index in [4.69, 9.17) is 11.1 Å². The number of anilines is 1. The van der Waals surface area contributed by atoms with Crippen LogP contribution in [0.3, 0.4) is 0 Å². The molecule has 2 aliphatic rings. The minimum absolute atomic E-state index is 0. The number of amidine groups is 1. The number of hydrogen-bond donors (Lipinski definition) is 2. The maximum atomic E-state index is 12.9. The van der Waals surface area contributed by atoms with Crippen molar-refractivity contribution in [2.45, 2.75) is 25.7 Å². The molecular weight excluding hydrogens is 392 g/mol. The van der Waals surface area contributed by atoms with Gasteiger partial charge in [0.05, 0.1) is 7.11 Å². The van der Waals surface area contributed by atoms with Crippen molar-refractivity contribution in [1.82, 2.24) is 4.90 Å². The Labute approximate surface area is 177 Å². The average molecular weight is 421 g/mol. The van der Waals surface area contributed by atoms with Gasteiger partial charge in [-0.15, -0.1) is 12.4 Å². The van der Waals surface area contributed by atoms with E-state index in [0.717, 1.165) is 55.6 Å². The Morgan fingerprint density at radius 3 is 2.21 bits per heavy atom. The number of benzene rings is 1. The molecule has 1 amide bonds. The minimum atomic E-state index is -0.321. The number of nitrogens with zero attached hydrogens (tertiary/aromatic N) is 2. The summed E-state index contributed by atoms with van der Waals surface area (Å²) in [6.07, 6.45) is 4.71. The Kier molecular flexibility index (Phi) is 8.08. The minimum Gasteiger partial charge on any atom is -0.466 e. The van der Waals surface area contributed by atoms with Gasteiger partial charge in [-0.25, -0.2) is 4.79 Å². The van der Waals surface area contributed by atoms with Crippen LogP contribution in [0.2, 0.25) is 0 Å². The summed E-state index contributed by atoms with van der Waals surface area (Å²) in [4.78, 5) is 28.4. The first kappa shape index (κ1) is 22.7. The Bertz CT molecular complexity index is 761. The summed E-state index contributed by atoms with van der Waals surface area (Å²) in [5.74, 6) is 0.0584. The van der Waals surface area contributed by atoms with E-state index in [-0.39, 0.29) is 36.0 Å². The van der Waals surface area contributed by atoms with Gasteiger partial charge in [0, 0.05) is 49.4 Å². The number of halogens is 1. The molecule has 0 aromatic heterocycles. The number of hydrogen-bond acceptors (Lipinski definition) is 5. The quantitative estimate of drug-likeness (QED) is 0.337. The monoisotopic (exact) mass is 420 g/mol. The van der Waals surface area contributed by atoms with Crippen LogP contribution < -0.4 is 10.6 Å². The van der Waals surface area contributed by atoms with Crippen LogP contribution in [0.5, 0.6) is 0 Å². The molecule has 2 fully saturated rings. The van der Waals surface area contributed by atoms with Gasteiger partial charge in [0.25, 0.3) is 0 Å². The zero-order chi connectivity index (χ0) is 20.1. The Hall–Kier alpha value is -2.54. The van der Waals surface area contributed by atoms with E-state index >= 15 is 0 Å². The summed E-state index contributed by atoms with van der Waals surface area (Å²) < 4.78 is 4.67. The van der Waals surface area contributed by atoms with Crippen LogP contribution in [-0.2, 0) is 14.3 Å². The van der Waals surface area contributed by atoms with Crippen molar-refractivity contribution in [2.75, 3.05) is 38.2 Å². The van der Waals surface area contributed by atoms with Crippen molar-refractivity contribution in [1.29, 1.82) is 5.41 Å². The lowest BCUT2D eigenvalue weighted by Crippen LogP contribution is -2.44. The molecule has 0 unspecified atom stereocenters. The fourth-order valence-electron chi connectivity index (χ4n) is 3.88. The topological polar surface area (TPSA) is 99.7 Å². The number of esters is 1. The van der Waals surface area contributed by atoms with Crippen molar-refractivity contribution in [2.24, 2.45) is 11.7 Å². The normalized spacial score (nSPS) is 17.3. The largest absolute Gasteiger partial charge is 0.466 e. The second-order valence-electron chi connectivity index (χ2n) is 7.37. The molecule has 0 spiro atoms. The molecule has 1 aromatic carbocycles. The number of piperidine rings is 2. The number of likely N-dealkylation sites (tertiary alicyclic amines) is 1. The summed E-state index contributed by atoms with van der Waals surface area (Å²) in [7, 11) is 1.38. The summed E-state index contributed by atoms with van der Waals surface area (Å²) in [5, 5.41) is 7.47. The lowest BCUT2D eigenvalue weighted by Gasteiger charge is -2.37. The number of carbonyl (C=O) groups excluding carboxylic acids is 2. The maximum absolute atomic E-state index is 12.9. The van der Waals surface area contributed by atoms with Gasteiger partial charge in [-0.1, -0.05) is 5.57 Å². The van der Waals surface area contributed by atoms with Gasteiger partial charge in [-0.3, -0.25) is 10.2 Å². The van der Waals surface area contributed by atoms with Crippen LogP contribution in [0, 0.1) is 11.3 Å². The molecule has 0 aliphatic carbocycles. The molecule has 8 heteroatoms. The maximum Gasteiger partial charge on any atom is 0.330 e. The van der Waals surface area contributed by atoms with Gasteiger partial charge >= 0.3 is 5.97 Å². The van der Waals surface area contributed by atoms with Gasteiger partial charge in [0.1, 0.15) is 5.84 Å². The zero-order valence-electron chi connectivity index (χ0n) is 16.7. The van der Waals surface area contributed by atoms with Gasteiger partial charge in [0.2, 0.25) is 5.91 Å². The molecule has 2 aliphatic heterocycles. The third-order valence-corrected chi connectivity index (χ3v) is 5.63. The molecule has 0 bridgehead atoms. The number of nitrogens with two attached hydrogens (primary N) is 1. The van der Waals surface area contributed by atoms with Crippen molar-refractivity contribution in [3.63, 3.8) is 0 Å². The molecule has 7 nitrogen and oxygen atoms in total. The number of ether oxygens (including phenoxy) is 1. The number of carbonyl (C=O) groups is 2. The van der Waals surface area contributed by atoms with E-state index in [2.05, 4.69) is 9.64 Å². The molecular formula is C21H29ClN4O3. The number of amides is 1. The molecule has 0 atom stereocenters. The second-order valence-corrected chi connectivity index (χ2v) is 7.37. The van der Waals surface area contributed by atoms with Gasteiger partial charge < -0.3 is 20.3 Å². The van der Waals surface area contributed by atoms with Gasteiger partial charge in [0.15, 0.2) is 0 Å². The van der Waals surface area contributed by atoms with Crippen molar-refractivity contribution in [3.8, 4) is 0 Å². The number of rotatable bonds is 4. The summed E-state index contributed by atoms with van der Waals surface area (Å²) in [6, 6.07) is 7.70.